The topological polar surface area (TPSA) is 44.9 Å². The molecule has 0 fully saturated rings. The molecule has 0 aliphatic heterocycles. The molecular formula is C18H17FN2O. The lowest BCUT2D eigenvalue weighted by Crippen LogP contribution is -2.26. The van der Waals surface area contributed by atoms with Crippen LogP contribution in [0.3, 0.4) is 0 Å². The van der Waals surface area contributed by atoms with Gasteiger partial charge in [0.2, 0.25) is 0 Å². The van der Waals surface area contributed by atoms with Crippen LogP contribution in [0.1, 0.15) is 21.5 Å². The number of para-hydroxylation sites is 1. The van der Waals surface area contributed by atoms with E-state index in [9.17, 15) is 9.18 Å². The molecule has 3 rings (SSSR count). The van der Waals surface area contributed by atoms with Crippen LogP contribution in [0.15, 0.2) is 48.7 Å². The minimum absolute atomic E-state index is 0.239. The number of hydrogen-bond acceptors (Lipinski definition) is 1. The standard InChI is InChI=1S/C18H17FN2O/c1-12-6-7-14(19)10-16(12)18(22)20-9-8-13-11-21-17-5-3-2-4-15(13)17/h2-7,10-11,21H,8-9H2,1H3,(H,20,22). The molecule has 1 heterocycles. The lowest BCUT2D eigenvalue weighted by molar-refractivity contribution is 0.0953. The second-order valence-electron chi connectivity index (χ2n) is 5.32. The Balaban J connectivity index is 1.65. The Bertz CT molecular complexity index is 823. The average Bonchev–Trinajstić information content (AvgIpc) is 2.93. The van der Waals surface area contributed by atoms with Crippen LogP contribution in [0, 0.1) is 12.7 Å². The van der Waals surface area contributed by atoms with E-state index in [1.165, 1.54) is 17.5 Å². The molecule has 0 spiro atoms. The largest absolute Gasteiger partial charge is 0.361 e. The lowest BCUT2D eigenvalue weighted by atomic mass is 10.1. The van der Waals surface area contributed by atoms with Gasteiger partial charge in [-0.2, -0.15) is 0 Å². The number of benzene rings is 2. The van der Waals surface area contributed by atoms with Crippen LogP contribution >= 0.6 is 0 Å². The summed E-state index contributed by atoms with van der Waals surface area (Å²) in [7, 11) is 0. The van der Waals surface area contributed by atoms with Gasteiger partial charge in [-0.15, -0.1) is 0 Å². The zero-order valence-corrected chi connectivity index (χ0v) is 12.3. The maximum atomic E-state index is 13.2. The molecule has 0 atom stereocenters. The van der Waals surface area contributed by atoms with E-state index in [1.54, 1.807) is 13.0 Å². The van der Waals surface area contributed by atoms with Crippen molar-refractivity contribution in [3.05, 3.63) is 71.2 Å². The van der Waals surface area contributed by atoms with Crippen molar-refractivity contribution in [3.8, 4) is 0 Å². The maximum absolute atomic E-state index is 13.2. The Morgan fingerprint density at radius 1 is 1.23 bits per heavy atom. The van der Waals surface area contributed by atoms with Gasteiger partial charge < -0.3 is 10.3 Å². The van der Waals surface area contributed by atoms with Crippen LogP contribution in [0.4, 0.5) is 4.39 Å². The summed E-state index contributed by atoms with van der Waals surface area (Å²) in [5.41, 5.74) is 3.40. The number of aromatic nitrogens is 1. The zero-order valence-electron chi connectivity index (χ0n) is 12.3. The third-order valence-corrected chi connectivity index (χ3v) is 3.80. The Hall–Kier alpha value is -2.62. The smallest absolute Gasteiger partial charge is 0.251 e. The summed E-state index contributed by atoms with van der Waals surface area (Å²) >= 11 is 0. The van der Waals surface area contributed by atoms with E-state index in [2.05, 4.69) is 16.4 Å². The molecular weight excluding hydrogens is 279 g/mol. The number of aromatic amines is 1. The molecule has 0 aliphatic rings. The third-order valence-electron chi connectivity index (χ3n) is 3.80. The molecule has 1 aromatic heterocycles. The molecule has 22 heavy (non-hydrogen) atoms. The highest BCUT2D eigenvalue weighted by molar-refractivity contribution is 5.95. The molecule has 3 aromatic rings. The SMILES string of the molecule is Cc1ccc(F)cc1C(=O)NCCc1c[nH]c2ccccc12. The minimum Gasteiger partial charge on any atom is -0.361 e. The normalized spacial score (nSPS) is 10.8. The van der Waals surface area contributed by atoms with E-state index >= 15 is 0 Å². The molecule has 0 bridgehead atoms. The van der Waals surface area contributed by atoms with Gasteiger partial charge >= 0.3 is 0 Å². The van der Waals surface area contributed by atoms with Gasteiger partial charge in [-0.05, 0) is 42.7 Å². The lowest BCUT2D eigenvalue weighted by Gasteiger charge is -2.07. The monoisotopic (exact) mass is 296 g/mol. The summed E-state index contributed by atoms with van der Waals surface area (Å²) in [5, 5.41) is 4.02. The first kappa shape index (κ1) is 14.3. The second kappa shape index (κ2) is 6.02. The van der Waals surface area contributed by atoms with E-state index in [4.69, 9.17) is 0 Å². The predicted octanol–water partition coefficient (Wildman–Crippen LogP) is 3.59. The summed E-state index contributed by atoms with van der Waals surface area (Å²) in [5.74, 6) is -0.635. The van der Waals surface area contributed by atoms with E-state index in [1.807, 2.05) is 24.4 Å². The second-order valence-corrected chi connectivity index (χ2v) is 5.32. The number of halogens is 1. The number of H-pyrrole nitrogens is 1. The molecule has 0 aliphatic carbocycles. The van der Waals surface area contributed by atoms with Crippen molar-refractivity contribution in [3.63, 3.8) is 0 Å². The van der Waals surface area contributed by atoms with E-state index in [0.717, 1.165) is 23.1 Å². The number of carbonyl (C=O) groups excluding carboxylic acids is 1. The highest BCUT2D eigenvalue weighted by atomic mass is 19.1. The minimum atomic E-state index is -0.396. The highest BCUT2D eigenvalue weighted by Crippen LogP contribution is 2.17. The summed E-state index contributed by atoms with van der Waals surface area (Å²) < 4.78 is 13.2. The predicted molar refractivity (Wildman–Crippen MR) is 85.5 cm³/mol. The van der Waals surface area contributed by atoms with Gasteiger partial charge in [0.05, 0.1) is 0 Å². The van der Waals surface area contributed by atoms with Crippen LogP contribution in [-0.2, 0) is 6.42 Å². The Morgan fingerprint density at radius 3 is 2.91 bits per heavy atom. The van der Waals surface area contributed by atoms with Gasteiger partial charge in [0.25, 0.3) is 5.91 Å². The molecule has 2 N–H and O–H groups in total. The van der Waals surface area contributed by atoms with Crippen molar-refractivity contribution < 1.29 is 9.18 Å². The first-order valence-corrected chi connectivity index (χ1v) is 7.24. The fraction of sp³-hybridized carbons (Fsp3) is 0.167. The summed E-state index contributed by atoms with van der Waals surface area (Å²) in [6.45, 7) is 2.31. The number of nitrogens with one attached hydrogen (secondary N) is 2. The first-order chi connectivity index (χ1) is 10.6. The number of rotatable bonds is 4. The van der Waals surface area contributed by atoms with Gasteiger partial charge in [-0.1, -0.05) is 24.3 Å². The number of fused-ring (bicyclic) bond motifs is 1. The zero-order chi connectivity index (χ0) is 15.5. The quantitative estimate of drug-likeness (QED) is 0.759. The van der Waals surface area contributed by atoms with Gasteiger partial charge in [0.1, 0.15) is 5.82 Å². The van der Waals surface area contributed by atoms with Gasteiger partial charge in [-0.3, -0.25) is 4.79 Å². The van der Waals surface area contributed by atoms with E-state index < -0.39 is 5.82 Å². The van der Waals surface area contributed by atoms with Gasteiger partial charge in [-0.25, -0.2) is 4.39 Å². The van der Waals surface area contributed by atoms with Crippen LogP contribution in [0.2, 0.25) is 0 Å². The molecule has 0 unspecified atom stereocenters. The molecule has 1 amide bonds. The molecule has 0 saturated carbocycles. The molecule has 2 aromatic carbocycles. The first-order valence-electron chi connectivity index (χ1n) is 7.24. The maximum Gasteiger partial charge on any atom is 0.251 e. The highest BCUT2D eigenvalue weighted by Gasteiger charge is 2.10. The third kappa shape index (κ3) is 2.86. The Kier molecular flexibility index (Phi) is 3.92. The summed E-state index contributed by atoms with van der Waals surface area (Å²) in [6.07, 6.45) is 2.69. The molecule has 112 valence electrons. The van der Waals surface area contributed by atoms with Gasteiger partial charge in [0.15, 0.2) is 0 Å². The fourth-order valence-corrected chi connectivity index (χ4v) is 2.58. The van der Waals surface area contributed by atoms with Crippen molar-refractivity contribution in [1.29, 1.82) is 0 Å². The fourth-order valence-electron chi connectivity index (χ4n) is 2.58. The van der Waals surface area contributed by atoms with E-state index in [-0.39, 0.29) is 5.91 Å². The average molecular weight is 296 g/mol. The van der Waals surface area contributed by atoms with Crippen molar-refractivity contribution in [2.75, 3.05) is 6.54 Å². The molecule has 4 heteroatoms. The van der Waals surface area contributed by atoms with E-state index in [0.29, 0.717) is 12.1 Å². The van der Waals surface area contributed by atoms with Crippen LogP contribution in [-0.4, -0.2) is 17.4 Å². The summed E-state index contributed by atoms with van der Waals surface area (Å²) in [4.78, 5) is 15.3. The van der Waals surface area contributed by atoms with Crippen molar-refractivity contribution in [2.45, 2.75) is 13.3 Å². The van der Waals surface area contributed by atoms with Crippen LogP contribution < -0.4 is 5.32 Å². The van der Waals surface area contributed by atoms with Crippen molar-refractivity contribution in [1.82, 2.24) is 10.3 Å². The number of hydrogen-bond donors (Lipinski definition) is 2. The Labute approximate surface area is 128 Å². The molecule has 3 nitrogen and oxygen atoms in total. The molecule has 0 radical (unpaired) electrons. The van der Waals surface area contributed by atoms with Crippen molar-refractivity contribution >= 4 is 16.8 Å². The number of aryl methyl sites for hydroxylation is 1. The van der Waals surface area contributed by atoms with Crippen LogP contribution in [0.25, 0.3) is 10.9 Å². The molecule has 0 saturated heterocycles. The Morgan fingerprint density at radius 2 is 2.05 bits per heavy atom. The summed E-state index contributed by atoms with van der Waals surface area (Å²) in [6, 6.07) is 12.3. The number of amides is 1. The van der Waals surface area contributed by atoms with Crippen LogP contribution in [0.5, 0.6) is 0 Å². The van der Waals surface area contributed by atoms with Crippen molar-refractivity contribution in [2.24, 2.45) is 0 Å². The number of carbonyl (C=O) groups is 1. The van der Waals surface area contributed by atoms with Gasteiger partial charge in [0, 0.05) is 29.2 Å².